The highest BCUT2D eigenvalue weighted by atomic mass is 16.5. The van der Waals surface area contributed by atoms with Crippen LogP contribution in [0, 0.1) is 0 Å². The molecule has 1 aromatic heterocycles. The number of ether oxygens (including phenoxy) is 1. The van der Waals surface area contributed by atoms with E-state index >= 15 is 0 Å². The van der Waals surface area contributed by atoms with Gasteiger partial charge in [-0.1, -0.05) is 26.8 Å². The van der Waals surface area contributed by atoms with Gasteiger partial charge in [-0.25, -0.2) is 9.78 Å². The minimum absolute atomic E-state index is 0.0531. The van der Waals surface area contributed by atoms with E-state index in [0.717, 1.165) is 5.69 Å². The maximum absolute atomic E-state index is 11.4. The molecule has 0 aliphatic heterocycles. The van der Waals surface area contributed by atoms with Gasteiger partial charge >= 0.3 is 5.97 Å². The predicted octanol–water partition coefficient (Wildman–Crippen LogP) is 2.56. The summed E-state index contributed by atoms with van der Waals surface area (Å²) < 4.78 is 4.89. The van der Waals surface area contributed by atoms with Crippen LogP contribution in [0.1, 0.15) is 43.9 Å². The van der Waals surface area contributed by atoms with Crippen molar-refractivity contribution in [3.8, 4) is 0 Å². The zero-order chi connectivity index (χ0) is 11.5. The second-order valence-corrected chi connectivity index (χ2v) is 4.38. The van der Waals surface area contributed by atoms with Gasteiger partial charge in [0.1, 0.15) is 5.69 Å². The summed E-state index contributed by atoms with van der Waals surface area (Å²) in [5.41, 5.74) is 1.22. The van der Waals surface area contributed by atoms with Crippen molar-refractivity contribution in [3.05, 3.63) is 29.6 Å². The van der Waals surface area contributed by atoms with E-state index < -0.39 is 0 Å². The van der Waals surface area contributed by atoms with E-state index in [1.807, 2.05) is 12.1 Å². The third-order valence-electron chi connectivity index (χ3n) is 2.00. The van der Waals surface area contributed by atoms with E-state index in [1.54, 1.807) is 13.0 Å². The Morgan fingerprint density at radius 3 is 2.60 bits per heavy atom. The van der Waals surface area contributed by atoms with Crippen molar-refractivity contribution in [1.29, 1.82) is 0 Å². The number of hydrogen-bond donors (Lipinski definition) is 0. The maximum Gasteiger partial charge on any atom is 0.356 e. The van der Waals surface area contributed by atoms with E-state index in [2.05, 4.69) is 25.8 Å². The third kappa shape index (κ3) is 3.05. The van der Waals surface area contributed by atoms with Gasteiger partial charge in [-0.2, -0.15) is 0 Å². The third-order valence-corrected chi connectivity index (χ3v) is 2.00. The fraction of sp³-hybridized carbons (Fsp3) is 0.500. The Bertz CT molecular complexity index is 353. The normalized spacial score (nSPS) is 11.2. The highest BCUT2D eigenvalue weighted by molar-refractivity contribution is 5.87. The first-order valence-corrected chi connectivity index (χ1v) is 5.10. The standard InChI is InChI=1S/C12H17NO2/c1-5-15-11(14)9-7-6-8-10(13-9)12(2,3)4/h6-8H,5H2,1-4H3. The Hall–Kier alpha value is -1.38. The molecule has 0 aromatic carbocycles. The van der Waals surface area contributed by atoms with E-state index in [-0.39, 0.29) is 11.4 Å². The van der Waals surface area contributed by atoms with Gasteiger partial charge in [0.15, 0.2) is 0 Å². The molecule has 0 aliphatic rings. The van der Waals surface area contributed by atoms with Gasteiger partial charge in [0.05, 0.1) is 6.61 Å². The minimum Gasteiger partial charge on any atom is -0.461 e. The van der Waals surface area contributed by atoms with Crippen molar-refractivity contribution >= 4 is 5.97 Å². The Morgan fingerprint density at radius 1 is 1.40 bits per heavy atom. The van der Waals surface area contributed by atoms with Crippen LogP contribution in [0.5, 0.6) is 0 Å². The molecule has 0 aliphatic carbocycles. The van der Waals surface area contributed by atoms with Gasteiger partial charge in [-0.05, 0) is 19.1 Å². The Balaban J connectivity index is 2.98. The van der Waals surface area contributed by atoms with Crippen molar-refractivity contribution < 1.29 is 9.53 Å². The number of nitrogens with zero attached hydrogens (tertiary/aromatic N) is 1. The lowest BCUT2D eigenvalue weighted by Gasteiger charge is -2.17. The Labute approximate surface area is 90.5 Å². The molecule has 3 nitrogen and oxygen atoms in total. The topological polar surface area (TPSA) is 39.2 Å². The molecule has 0 N–H and O–H groups in total. The van der Waals surface area contributed by atoms with Crippen LogP contribution in [0.25, 0.3) is 0 Å². The average molecular weight is 207 g/mol. The number of carbonyl (C=O) groups excluding carboxylic acids is 1. The molecule has 1 aromatic rings. The molecular weight excluding hydrogens is 190 g/mol. The molecule has 0 radical (unpaired) electrons. The average Bonchev–Trinajstić information content (AvgIpc) is 2.17. The zero-order valence-electron chi connectivity index (χ0n) is 9.70. The summed E-state index contributed by atoms with van der Waals surface area (Å²) in [4.78, 5) is 15.7. The molecule has 0 fully saturated rings. The zero-order valence-corrected chi connectivity index (χ0v) is 9.70. The Kier molecular flexibility index (Phi) is 3.45. The number of aromatic nitrogens is 1. The Morgan fingerprint density at radius 2 is 2.07 bits per heavy atom. The lowest BCUT2D eigenvalue weighted by Crippen LogP contribution is -2.16. The minimum atomic E-state index is -0.358. The number of carbonyl (C=O) groups is 1. The summed E-state index contributed by atoms with van der Waals surface area (Å²) >= 11 is 0. The molecular formula is C12H17NO2. The van der Waals surface area contributed by atoms with Gasteiger partial charge in [0.2, 0.25) is 0 Å². The molecule has 0 atom stereocenters. The number of pyridine rings is 1. The van der Waals surface area contributed by atoms with Crippen molar-refractivity contribution in [2.45, 2.75) is 33.1 Å². The highest BCUT2D eigenvalue weighted by Crippen LogP contribution is 2.19. The lowest BCUT2D eigenvalue weighted by molar-refractivity contribution is 0.0519. The summed E-state index contributed by atoms with van der Waals surface area (Å²) in [5.74, 6) is -0.358. The molecule has 0 spiro atoms. The van der Waals surface area contributed by atoms with Crippen molar-refractivity contribution in [2.75, 3.05) is 6.61 Å². The van der Waals surface area contributed by atoms with Crippen LogP contribution in [0.3, 0.4) is 0 Å². The van der Waals surface area contributed by atoms with Crippen LogP contribution in [0.4, 0.5) is 0 Å². The first-order chi connectivity index (χ1) is 6.95. The molecule has 1 rings (SSSR count). The van der Waals surface area contributed by atoms with Crippen LogP contribution >= 0.6 is 0 Å². The van der Waals surface area contributed by atoms with Crippen LogP contribution in [0.2, 0.25) is 0 Å². The van der Waals surface area contributed by atoms with E-state index in [4.69, 9.17) is 4.74 Å². The predicted molar refractivity (Wildman–Crippen MR) is 58.9 cm³/mol. The van der Waals surface area contributed by atoms with Crippen LogP contribution < -0.4 is 0 Å². The summed E-state index contributed by atoms with van der Waals surface area (Å²) in [7, 11) is 0. The molecule has 82 valence electrons. The fourth-order valence-electron chi connectivity index (χ4n) is 1.17. The summed E-state index contributed by atoms with van der Waals surface area (Å²) in [6.45, 7) is 8.34. The van der Waals surface area contributed by atoms with Gasteiger partial charge < -0.3 is 4.74 Å². The van der Waals surface area contributed by atoms with Crippen LogP contribution in [0.15, 0.2) is 18.2 Å². The molecule has 1 heterocycles. The van der Waals surface area contributed by atoms with Gasteiger partial charge in [0, 0.05) is 11.1 Å². The van der Waals surface area contributed by atoms with E-state index in [9.17, 15) is 4.79 Å². The number of rotatable bonds is 2. The molecule has 0 saturated heterocycles. The monoisotopic (exact) mass is 207 g/mol. The van der Waals surface area contributed by atoms with Gasteiger partial charge in [0.25, 0.3) is 0 Å². The summed E-state index contributed by atoms with van der Waals surface area (Å²) in [5, 5.41) is 0. The van der Waals surface area contributed by atoms with Crippen LogP contribution in [-0.2, 0) is 10.2 Å². The van der Waals surface area contributed by atoms with Crippen molar-refractivity contribution in [2.24, 2.45) is 0 Å². The smallest absolute Gasteiger partial charge is 0.356 e. The lowest BCUT2D eigenvalue weighted by atomic mass is 9.91. The molecule has 0 amide bonds. The fourth-order valence-corrected chi connectivity index (χ4v) is 1.17. The van der Waals surface area contributed by atoms with Crippen molar-refractivity contribution in [1.82, 2.24) is 4.98 Å². The first kappa shape index (κ1) is 11.7. The largest absolute Gasteiger partial charge is 0.461 e. The maximum atomic E-state index is 11.4. The summed E-state index contributed by atoms with van der Waals surface area (Å²) in [6, 6.07) is 5.43. The highest BCUT2D eigenvalue weighted by Gasteiger charge is 2.17. The van der Waals surface area contributed by atoms with Gasteiger partial charge in [-0.3, -0.25) is 0 Å². The van der Waals surface area contributed by atoms with E-state index in [0.29, 0.717) is 12.3 Å². The first-order valence-electron chi connectivity index (χ1n) is 5.10. The second kappa shape index (κ2) is 4.43. The van der Waals surface area contributed by atoms with Gasteiger partial charge in [-0.15, -0.1) is 0 Å². The molecule has 3 heteroatoms. The van der Waals surface area contributed by atoms with E-state index in [1.165, 1.54) is 0 Å². The number of esters is 1. The number of hydrogen-bond acceptors (Lipinski definition) is 3. The van der Waals surface area contributed by atoms with Crippen molar-refractivity contribution in [3.63, 3.8) is 0 Å². The molecule has 15 heavy (non-hydrogen) atoms. The SMILES string of the molecule is CCOC(=O)c1cccc(C(C)(C)C)n1. The quantitative estimate of drug-likeness (QED) is 0.699. The summed E-state index contributed by atoms with van der Waals surface area (Å²) in [6.07, 6.45) is 0. The molecule has 0 saturated carbocycles. The second-order valence-electron chi connectivity index (χ2n) is 4.38. The molecule has 0 bridgehead atoms. The van der Waals surface area contributed by atoms with Crippen LogP contribution in [-0.4, -0.2) is 17.6 Å². The molecule has 0 unspecified atom stereocenters.